The molecule has 0 radical (unpaired) electrons. The number of hydrogen-bond acceptors (Lipinski definition) is 40. The van der Waals surface area contributed by atoms with Gasteiger partial charge in [0.25, 0.3) is 194 Å². The molecule has 80 nitrogen and oxygen atoms in total. The van der Waals surface area contributed by atoms with Gasteiger partial charge in [0.1, 0.15) is 0 Å². The Morgan fingerprint density at radius 2 is 0.0846 bits per heavy atom. The zero-order chi connectivity index (χ0) is 108. The summed E-state index contributed by atoms with van der Waals surface area (Å²) in [6.07, 6.45) is 0. The number of hydrogen-bond donors (Lipinski definition) is 40. The Bertz CT molecular complexity index is 1100. The average Bonchev–Trinajstić information content (AvgIpc) is 3.62. The molecular formula is C40H70K10O80. The van der Waals surface area contributed by atoms with E-state index in [1.165, 1.54) is 0 Å². The van der Waals surface area contributed by atoms with Crippen molar-refractivity contribution in [1.82, 2.24) is 0 Å². The second-order valence-corrected chi connectivity index (χ2v) is 4.08. The van der Waals surface area contributed by atoms with Gasteiger partial charge in [-0.2, -0.15) is 0 Å². The number of rotatable bonds is 0. The first-order valence-corrected chi connectivity index (χ1v) is 19.1. The fourth-order valence-corrected chi connectivity index (χ4v) is 0. The number of carboxylic acid groups (broad SMARTS) is 30. The monoisotopic (exact) mass is 2220 g/mol. The van der Waals surface area contributed by atoms with Gasteiger partial charge in [-0.3, -0.25) is 144 Å². The zero-order valence-corrected chi connectivity index (χ0v) is 97.8. The van der Waals surface area contributed by atoms with E-state index < -0.39 is 0 Å². The first-order chi connectivity index (χ1) is 56.6. The van der Waals surface area contributed by atoms with Crippen LogP contribution in [0.25, 0.3) is 0 Å². The van der Waals surface area contributed by atoms with Crippen LogP contribution in [-0.4, -0.2) is 463 Å². The van der Waals surface area contributed by atoms with Crippen molar-refractivity contribution in [2.24, 2.45) is 0 Å². The standard InChI is InChI=1S/30CH2O2.10CHO2.10K/c40*2-1-3;;;;;;;;;;/h30*1H,(H,2,3);10*(H,2,3);;;;;;;;;;/q;;;;;;;;;;;;;;;;;;;;;;;;;;;;;;10*-1;10*+1. The molecule has 0 heterocycles. The van der Waals surface area contributed by atoms with Gasteiger partial charge < -0.3 is 252 Å². The maximum absolute atomic E-state index is 8.36. The summed E-state index contributed by atoms with van der Waals surface area (Å²) in [7, 11) is 0. The average molecular weight is 2220 g/mol. The molecule has 0 aromatic heterocycles. The van der Waals surface area contributed by atoms with Crippen LogP contribution in [0.5, 0.6) is 0 Å². The molecule has 130 heavy (non-hydrogen) atoms. The molecule has 0 unspecified atom stereocenters. The molecule has 0 saturated heterocycles. The molecule has 0 aliphatic carbocycles. The topological polar surface area (TPSA) is 1490 Å². The second-order valence-electron chi connectivity index (χ2n) is 4.08. The second kappa shape index (κ2) is 1520. The summed E-state index contributed by atoms with van der Waals surface area (Å²) in [6, 6.07) is 0. The smallest absolute Gasteiger partial charge is 0.665 e. The molecule has 0 aromatic carbocycles. The van der Waals surface area contributed by atoms with E-state index in [-0.39, 0.29) is 708 Å². The molecular weight excluding hydrogens is 2150 g/mol. The van der Waals surface area contributed by atoms with Crippen LogP contribution < -0.4 is 514 Å². The minimum Gasteiger partial charge on any atom is -0.665 e. The van der Waals surface area contributed by atoms with Gasteiger partial charge in [-0.15, -0.1) is 0 Å². The van der Waals surface area contributed by atoms with E-state index in [9.17, 15) is 0 Å². The summed E-state index contributed by atoms with van der Waals surface area (Å²) in [5.74, 6) is 0. The molecule has 0 amide bonds. The number of carbonyl (C=O) groups is 30. The SMILES string of the molecule is O=CO.O=CO.O=CO.O=CO.O=CO.O=CO.O=CO.O=CO.O=CO.O=CO.O=CO.O=CO.O=CO.O=CO.O=CO.O=CO.O=CO.O=CO.O=CO.O=CO.O=CO.O=CO.O=CO.O=CO.O=CO.O=CO.O=CO.O=CO.O=CO.O=CO.O=[C-]O.O=[C-]O.O=[C-]O.O=[C-]O.O=[C-]O.O=[C-]O.O=[C-]O.O=[C-]O.O=[C-]O.O=[C-]O.[K+].[K+].[K+].[K+].[K+].[K+].[K+].[K+].[K+].[K+]. The van der Waals surface area contributed by atoms with Crippen LogP contribution in [0.3, 0.4) is 0 Å². The molecule has 0 aromatic rings. The third-order valence-corrected chi connectivity index (χ3v) is 0. The Kier molecular flexibility index (Phi) is 4000. The van der Waals surface area contributed by atoms with Crippen LogP contribution >= 0.6 is 0 Å². The van der Waals surface area contributed by atoms with Crippen molar-refractivity contribution in [3.8, 4) is 0 Å². The van der Waals surface area contributed by atoms with Crippen LogP contribution in [0.4, 0.5) is 0 Å². The van der Waals surface area contributed by atoms with E-state index >= 15 is 0 Å². The molecule has 0 atom stereocenters. The van der Waals surface area contributed by atoms with E-state index in [1.54, 1.807) is 0 Å². The Balaban J connectivity index is -0.0000000105. The van der Waals surface area contributed by atoms with Gasteiger partial charge in [-0.1, -0.05) is 64.7 Å². The predicted molar refractivity (Wildman–Crippen MR) is 344 cm³/mol. The van der Waals surface area contributed by atoms with Gasteiger partial charge in [-0.25, -0.2) is 0 Å². The molecule has 90 heteroatoms. The number of aliphatic hydroxyl groups excluding tert-OH is 10. The first-order valence-electron chi connectivity index (χ1n) is 19.1. The van der Waals surface area contributed by atoms with Crippen molar-refractivity contribution in [2.45, 2.75) is 0 Å². The van der Waals surface area contributed by atoms with Crippen LogP contribution in [0.1, 0.15) is 0 Å². The fourth-order valence-electron chi connectivity index (χ4n) is 0. The normalized spacial score (nSPS) is 3.69. The van der Waals surface area contributed by atoms with Crippen molar-refractivity contribution in [1.29, 1.82) is 0 Å². The van der Waals surface area contributed by atoms with Crippen molar-refractivity contribution >= 4 is 259 Å². The molecule has 0 aliphatic heterocycles. The van der Waals surface area contributed by atoms with Crippen LogP contribution in [0.2, 0.25) is 0 Å². The maximum Gasteiger partial charge on any atom is 1.00 e. The summed E-state index contributed by atoms with van der Waals surface area (Å²) in [6.45, 7) is -2.50. The van der Waals surface area contributed by atoms with E-state index in [0.29, 0.717) is 64.7 Å². The van der Waals surface area contributed by atoms with Crippen LogP contribution in [-0.2, 0) is 192 Å². The van der Waals surface area contributed by atoms with Gasteiger partial charge >= 0.3 is 514 Å². The van der Waals surface area contributed by atoms with Gasteiger partial charge in [-0.05, 0) is 0 Å². The van der Waals surface area contributed by atoms with E-state index in [2.05, 4.69) is 0 Å². The van der Waals surface area contributed by atoms with Gasteiger partial charge in [0.15, 0.2) is 0 Å². The molecule has 0 fully saturated rings. The molecule has 0 spiro atoms. The Morgan fingerprint density at radius 3 is 0.0846 bits per heavy atom. The summed E-state index contributed by atoms with van der Waals surface area (Å²) in [5, 5.41) is 274. The fraction of sp³-hybridized carbons (Fsp3) is 0. The molecule has 720 valence electrons. The Hall–Kier alpha value is -4.84. The predicted octanol–water partition coefficient (Wildman–Crippen LogP) is -42.8. The van der Waals surface area contributed by atoms with E-state index in [1.807, 2.05) is 0 Å². The van der Waals surface area contributed by atoms with Crippen molar-refractivity contribution < 1.29 is 910 Å². The third-order valence-electron chi connectivity index (χ3n) is 0. The van der Waals surface area contributed by atoms with Crippen molar-refractivity contribution in [2.75, 3.05) is 0 Å². The van der Waals surface area contributed by atoms with Crippen LogP contribution in [0.15, 0.2) is 0 Å². The summed E-state index contributed by atoms with van der Waals surface area (Å²) in [4.78, 5) is 333. The molecule has 0 saturated carbocycles. The molecule has 40 N–H and O–H groups in total. The summed E-state index contributed by atoms with van der Waals surface area (Å²) in [5.41, 5.74) is 0. The minimum absolute atomic E-state index is 0. The molecule has 0 rings (SSSR count). The maximum atomic E-state index is 8.36. The summed E-state index contributed by atoms with van der Waals surface area (Å²) >= 11 is 0. The first kappa shape index (κ1) is 342. The van der Waals surface area contributed by atoms with Crippen molar-refractivity contribution in [3.05, 3.63) is 0 Å². The molecule has 0 bridgehead atoms. The largest absolute Gasteiger partial charge is 1.00 e. The molecule has 0 aliphatic rings. The Labute approximate surface area is 1140 Å². The van der Waals surface area contributed by atoms with Crippen LogP contribution in [0, 0.1) is 0 Å². The van der Waals surface area contributed by atoms with Gasteiger partial charge in [0, 0.05) is 0 Å². The quantitative estimate of drug-likeness (QED) is 0.0608. The zero-order valence-electron chi connectivity index (χ0n) is 66.5. The van der Waals surface area contributed by atoms with E-state index in [0.717, 1.165) is 0 Å². The van der Waals surface area contributed by atoms with E-state index in [4.69, 9.17) is 396 Å². The van der Waals surface area contributed by atoms with Crippen molar-refractivity contribution in [3.63, 3.8) is 0 Å². The van der Waals surface area contributed by atoms with Gasteiger partial charge in [0.05, 0.1) is 0 Å². The summed E-state index contributed by atoms with van der Waals surface area (Å²) < 4.78 is 0. The third kappa shape index (κ3) is 78600. The Morgan fingerprint density at radius 1 is 0.0846 bits per heavy atom. The minimum atomic E-state index is -0.250. The van der Waals surface area contributed by atoms with Gasteiger partial charge in [0.2, 0.25) is 0 Å².